The van der Waals surface area contributed by atoms with Gasteiger partial charge in [-0.15, -0.1) is 0 Å². The van der Waals surface area contributed by atoms with Crippen LogP contribution in [0.4, 0.5) is 0 Å². The van der Waals surface area contributed by atoms with Gasteiger partial charge in [-0.05, 0) is 32.2 Å². The number of fused-ring (bicyclic) bond motifs is 1. The molecule has 1 amide bonds. The maximum absolute atomic E-state index is 12.2. The molecule has 2 aromatic carbocycles. The standard InChI is InChI=1S/C18H21NO4/c1-11(18(21)22)12(2)19-17(20)13(3)23-16-10-6-8-14-7-4-5-9-15(14)16/h4-13H,1-3H3,(H,19,20)(H,21,22). The van der Waals surface area contributed by atoms with Crippen molar-refractivity contribution in [3.8, 4) is 5.75 Å². The fraction of sp³-hybridized carbons (Fsp3) is 0.333. The van der Waals surface area contributed by atoms with Crippen molar-refractivity contribution in [2.45, 2.75) is 32.9 Å². The monoisotopic (exact) mass is 315 g/mol. The smallest absolute Gasteiger partial charge is 0.308 e. The number of carboxylic acids is 1. The molecule has 0 aliphatic heterocycles. The molecular formula is C18H21NO4. The Hall–Kier alpha value is -2.56. The number of aliphatic carboxylic acids is 1. The summed E-state index contributed by atoms with van der Waals surface area (Å²) in [7, 11) is 0. The van der Waals surface area contributed by atoms with E-state index in [4.69, 9.17) is 9.84 Å². The Morgan fingerprint density at radius 3 is 2.39 bits per heavy atom. The molecule has 0 aliphatic carbocycles. The summed E-state index contributed by atoms with van der Waals surface area (Å²) < 4.78 is 5.77. The maximum Gasteiger partial charge on any atom is 0.308 e. The van der Waals surface area contributed by atoms with Gasteiger partial charge in [0, 0.05) is 11.4 Å². The maximum atomic E-state index is 12.2. The second kappa shape index (κ2) is 7.13. The molecule has 5 heteroatoms. The second-order valence-electron chi connectivity index (χ2n) is 5.66. The molecule has 0 spiro atoms. The zero-order valence-electron chi connectivity index (χ0n) is 13.4. The van der Waals surface area contributed by atoms with Crippen molar-refractivity contribution in [3.63, 3.8) is 0 Å². The molecular weight excluding hydrogens is 294 g/mol. The van der Waals surface area contributed by atoms with E-state index < -0.39 is 24.0 Å². The highest BCUT2D eigenvalue weighted by Crippen LogP contribution is 2.26. The molecule has 2 N–H and O–H groups in total. The number of carboxylic acid groups (broad SMARTS) is 1. The molecule has 3 atom stereocenters. The molecule has 0 heterocycles. The van der Waals surface area contributed by atoms with Crippen LogP contribution in [0.3, 0.4) is 0 Å². The predicted octanol–water partition coefficient (Wildman–Crippen LogP) is 2.83. The second-order valence-corrected chi connectivity index (χ2v) is 5.66. The van der Waals surface area contributed by atoms with Crippen molar-refractivity contribution in [2.75, 3.05) is 0 Å². The summed E-state index contributed by atoms with van der Waals surface area (Å²) in [5.41, 5.74) is 0. The van der Waals surface area contributed by atoms with Crippen LogP contribution in [0.5, 0.6) is 5.75 Å². The largest absolute Gasteiger partial charge is 0.481 e. The van der Waals surface area contributed by atoms with E-state index in [9.17, 15) is 9.59 Å². The Morgan fingerprint density at radius 1 is 1.04 bits per heavy atom. The average Bonchev–Trinajstić information content (AvgIpc) is 2.54. The average molecular weight is 315 g/mol. The lowest BCUT2D eigenvalue weighted by Gasteiger charge is -2.21. The zero-order valence-corrected chi connectivity index (χ0v) is 13.4. The van der Waals surface area contributed by atoms with Gasteiger partial charge in [0.1, 0.15) is 5.75 Å². The number of ether oxygens (including phenoxy) is 1. The zero-order chi connectivity index (χ0) is 17.0. The summed E-state index contributed by atoms with van der Waals surface area (Å²) in [5.74, 6) is -1.31. The summed E-state index contributed by atoms with van der Waals surface area (Å²) in [4.78, 5) is 23.1. The molecule has 2 aromatic rings. The van der Waals surface area contributed by atoms with Crippen LogP contribution in [0.15, 0.2) is 42.5 Å². The summed E-state index contributed by atoms with van der Waals surface area (Å²) in [6, 6.07) is 13.0. The minimum absolute atomic E-state index is 0.335. The van der Waals surface area contributed by atoms with E-state index in [1.807, 2.05) is 42.5 Å². The van der Waals surface area contributed by atoms with Crippen molar-refractivity contribution in [3.05, 3.63) is 42.5 Å². The van der Waals surface area contributed by atoms with Gasteiger partial charge in [0.25, 0.3) is 5.91 Å². The Bertz CT molecular complexity index is 708. The molecule has 2 rings (SSSR count). The number of carbonyl (C=O) groups is 2. The quantitative estimate of drug-likeness (QED) is 0.859. The number of nitrogens with one attached hydrogen (secondary N) is 1. The van der Waals surface area contributed by atoms with Crippen LogP contribution in [0, 0.1) is 5.92 Å². The Morgan fingerprint density at radius 2 is 1.70 bits per heavy atom. The Balaban J connectivity index is 2.07. The third-order valence-corrected chi connectivity index (χ3v) is 3.93. The van der Waals surface area contributed by atoms with Crippen molar-refractivity contribution in [2.24, 2.45) is 5.92 Å². The number of rotatable bonds is 6. The molecule has 0 fully saturated rings. The first-order chi connectivity index (χ1) is 10.9. The Kier molecular flexibility index (Phi) is 5.21. The van der Waals surface area contributed by atoms with Crippen molar-refractivity contribution in [1.29, 1.82) is 0 Å². The minimum Gasteiger partial charge on any atom is -0.481 e. The molecule has 0 saturated carbocycles. The van der Waals surface area contributed by atoms with Crippen LogP contribution in [0.1, 0.15) is 20.8 Å². The summed E-state index contributed by atoms with van der Waals surface area (Å²) in [5, 5.41) is 13.6. The summed E-state index contributed by atoms with van der Waals surface area (Å²) >= 11 is 0. The van der Waals surface area contributed by atoms with E-state index >= 15 is 0 Å². The van der Waals surface area contributed by atoms with E-state index in [2.05, 4.69) is 5.32 Å². The van der Waals surface area contributed by atoms with Gasteiger partial charge >= 0.3 is 5.97 Å². The Labute approximate surface area is 135 Å². The number of amides is 1. The number of hydrogen-bond donors (Lipinski definition) is 2. The highest BCUT2D eigenvalue weighted by Gasteiger charge is 2.24. The fourth-order valence-corrected chi connectivity index (χ4v) is 2.22. The lowest BCUT2D eigenvalue weighted by atomic mass is 10.0. The van der Waals surface area contributed by atoms with Crippen LogP contribution in [-0.4, -0.2) is 29.1 Å². The third kappa shape index (κ3) is 4.00. The van der Waals surface area contributed by atoms with Crippen LogP contribution < -0.4 is 10.1 Å². The predicted molar refractivity (Wildman–Crippen MR) is 88.4 cm³/mol. The molecule has 5 nitrogen and oxygen atoms in total. The van der Waals surface area contributed by atoms with Gasteiger partial charge in [-0.1, -0.05) is 36.4 Å². The van der Waals surface area contributed by atoms with Gasteiger partial charge in [0.2, 0.25) is 0 Å². The summed E-state index contributed by atoms with van der Waals surface area (Å²) in [6.07, 6.45) is -0.718. The topological polar surface area (TPSA) is 75.6 Å². The molecule has 0 saturated heterocycles. The highest BCUT2D eigenvalue weighted by molar-refractivity contribution is 5.89. The number of benzene rings is 2. The molecule has 0 bridgehead atoms. The normalized spacial score (nSPS) is 14.7. The SMILES string of the molecule is CC(Oc1cccc2ccccc12)C(=O)NC(C)C(C)C(=O)O. The van der Waals surface area contributed by atoms with E-state index in [0.29, 0.717) is 5.75 Å². The third-order valence-electron chi connectivity index (χ3n) is 3.93. The lowest BCUT2D eigenvalue weighted by Crippen LogP contribution is -2.45. The van der Waals surface area contributed by atoms with Crippen molar-refractivity contribution < 1.29 is 19.4 Å². The molecule has 122 valence electrons. The highest BCUT2D eigenvalue weighted by atomic mass is 16.5. The first-order valence-corrected chi connectivity index (χ1v) is 7.57. The van der Waals surface area contributed by atoms with Gasteiger partial charge in [0.15, 0.2) is 6.10 Å². The number of hydrogen-bond acceptors (Lipinski definition) is 3. The summed E-state index contributed by atoms with van der Waals surface area (Å²) in [6.45, 7) is 4.88. The van der Waals surface area contributed by atoms with E-state index in [-0.39, 0.29) is 5.91 Å². The number of carbonyl (C=O) groups excluding carboxylic acids is 1. The van der Waals surface area contributed by atoms with Crippen molar-refractivity contribution in [1.82, 2.24) is 5.32 Å². The van der Waals surface area contributed by atoms with E-state index in [0.717, 1.165) is 10.8 Å². The molecule has 0 aliphatic rings. The fourth-order valence-electron chi connectivity index (χ4n) is 2.22. The first kappa shape index (κ1) is 16.8. The van der Waals surface area contributed by atoms with Crippen molar-refractivity contribution >= 4 is 22.6 Å². The van der Waals surface area contributed by atoms with Gasteiger partial charge in [-0.3, -0.25) is 9.59 Å². The van der Waals surface area contributed by atoms with Crippen LogP contribution in [0.25, 0.3) is 10.8 Å². The molecule has 3 unspecified atom stereocenters. The lowest BCUT2D eigenvalue weighted by molar-refractivity contribution is -0.142. The molecule has 0 aromatic heterocycles. The van der Waals surface area contributed by atoms with Gasteiger partial charge in [-0.2, -0.15) is 0 Å². The minimum atomic E-state index is -0.944. The van der Waals surface area contributed by atoms with Gasteiger partial charge in [-0.25, -0.2) is 0 Å². The van der Waals surface area contributed by atoms with Crippen LogP contribution >= 0.6 is 0 Å². The van der Waals surface area contributed by atoms with Gasteiger partial charge in [0.05, 0.1) is 5.92 Å². The van der Waals surface area contributed by atoms with Crippen LogP contribution in [-0.2, 0) is 9.59 Å². The van der Waals surface area contributed by atoms with Crippen LogP contribution in [0.2, 0.25) is 0 Å². The first-order valence-electron chi connectivity index (χ1n) is 7.57. The molecule has 0 radical (unpaired) electrons. The molecule has 23 heavy (non-hydrogen) atoms. The van der Waals surface area contributed by atoms with Gasteiger partial charge < -0.3 is 15.2 Å². The van der Waals surface area contributed by atoms with E-state index in [1.54, 1.807) is 20.8 Å². The van der Waals surface area contributed by atoms with E-state index in [1.165, 1.54) is 0 Å².